The zero-order valence-electron chi connectivity index (χ0n) is 7.35. The van der Waals surface area contributed by atoms with Gasteiger partial charge in [-0.1, -0.05) is 0 Å². The Morgan fingerprint density at radius 2 is 2.07 bits per heavy atom. The van der Waals surface area contributed by atoms with Crippen molar-refractivity contribution in [1.82, 2.24) is 4.98 Å². The van der Waals surface area contributed by atoms with Crippen LogP contribution in [-0.4, -0.2) is 26.8 Å². The van der Waals surface area contributed by atoms with E-state index in [0.717, 1.165) is 17.5 Å². The van der Waals surface area contributed by atoms with Crippen molar-refractivity contribution in [3.63, 3.8) is 0 Å². The average Bonchev–Trinajstić information content (AvgIpc) is 2.48. The number of ketones is 1. The molecule has 0 N–H and O–H groups in total. The number of halogens is 4. The van der Waals surface area contributed by atoms with E-state index in [1.165, 1.54) is 0 Å². The summed E-state index contributed by atoms with van der Waals surface area (Å²) in [5, 5.41) is 0. The topological polar surface area (TPSA) is 30.0 Å². The summed E-state index contributed by atoms with van der Waals surface area (Å²) in [4.78, 5) is 18.2. The van der Waals surface area contributed by atoms with Crippen LogP contribution in [0.25, 0.3) is 0 Å². The number of thiazole rings is 1. The molecule has 7 heteroatoms. The molecule has 0 amide bonds. The van der Waals surface area contributed by atoms with Gasteiger partial charge >= 0.3 is 90.0 Å². The number of carbonyl (C=O) groups is 1. The van der Waals surface area contributed by atoms with Gasteiger partial charge in [0, 0.05) is 0 Å². The fourth-order valence-corrected chi connectivity index (χ4v) is 4.16. The maximum atomic E-state index is 12.0. The summed E-state index contributed by atoms with van der Waals surface area (Å²) in [5.41, 5.74) is 0. The van der Waals surface area contributed by atoms with Gasteiger partial charge in [0.1, 0.15) is 0 Å². The predicted molar refractivity (Wildman–Crippen MR) is 57.1 cm³/mol. The molecule has 0 spiro atoms. The van der Waals surface area contributed by atoms with E-state index in [4.69, 9.17) is 0 Å². The number of Topliss-reactive ketones (excluding diaryl/α,β-unsaturated/α-hetero) is 1. The summed E-state index contributed by atoms with van der Waals surface area (Å²) in [6.45, 7) is 0. The first-order valence-corrected chi connectivity index (χ1v) is 9.60. The standard InChI is InChI=1S/C7H7F3INOS/c1-11(2)6-12-3-4(14-6)5(13)7(8,9)10/h3H,1-2H3. The third-order valence-electron chi connectivity index (χ3n) is 1.28. The molecule has 80 valence electrons. The molecule has 1 rings (SSSR count). The van der Waals surface area contributed by atoms with Gasteiger partial charge in [-0.15, -0.1) is 0 Å². The van der Waals surface area contributed by atoms with E-state index in [2.05, 4.69) is 4.98 Å². The quantitative estimate of drug-likeness (QED) is 0.472. The molecule has 0 aliphatic rings. The Labute approximate surface area is 89.9 Å². The first-order chi connectivity index (χ1) is 6.32. The SMILES string of the molecule is CI(C)c1ncc(C(=O)C(F)(F)F)s1. The third-order valence-corrected chi connectivity index (χ3v) is 6.92. The predicted octanol–water partition coefficient (Wildman–Crippen LogP) is 2.82. The fraction of sp³-hybridized carbons (Fsp3) is 0.429. The summed E-state index contributed by atoms with van der Waals surface area (Å²) < 4.78 is 36.7. The van der Waals surface area contributed by atoms with Crippen LogP contribution < -0.4 is 0 Å². The second kappa shape index (κ2) is 4.13. The minimum absolute atomic E-state index is 0.307. The number of alkyl halides is 5. The van der Waals surface area contributed by atoms with E-state index in [0.29, 0.717) is 3.01 Å². The maximum absolute atomic E-state index is 12.0. The molecule has 0 unspecified atom stereocenters. The van der Waals surface area contributed by atoms with Gasteiger partial charge < -0.3 is 0 Å². The Bertz CT molecular complexity index is 347. The first kappa shape index (κ1) is 11.9. The van der Waals surface area contributed by atoms with Gasteiger partial charge in [-0.05, 0) is 0 Å². The van der Waals surface area contributed by atoms with Crippen LogP contribution in [0.3, 0.4) is 0 Å². The van der Waals surface area contributed by atoms with Gasteiger partial charge in [0.05, 0.1) is 0 Å². The molecule has 0 bridgehead atoms. The third kappa shape index (κ3) is 2.66. The van der Waals surface area contributed by atoms with Crippen molar-refractivity contribution in [3.05, 3.63) is 14.1 Å². The molecule has 0 atom stereocenters. The van der Waals surface area contributed by atoms with Crippen LogP contribution in [0.2, 0.25) is 0 Å². The molecule has 0 aliphatic heterocycles. The molecule has 0 saturated carbocycles. The van der Waals surface area contributed by atoms with Crippen molar-refractivity contribution < 1.29 is 18.0 Å². The zero-order valence-corrected chi connectivity index (χ0v) is 10.3. The van der Waals surface area contributed by atoms with Gasteiger partial charge in [-0.3, -0.25) is 0 Å². The number of hydrogen-bond donors (Lipinski definition) is 0. The van der Waals surface area contributed by atoms with Crippen molar-refractivity contribution in [2.24, 2.45) is 0 Å². The van der Waals surface area contributed by atoms with E-state index in [-0.39, 0.29) is 4.88 Å². The van der Waals surface area contributed by atoms with Crippen molar-refractivity contribution in [1.29, 1.82) is 0 Å². The molecule has 1 heterocycles. The van der Waals surface area contributed by atoms with Crippen molar-refractivity contribution in [3.8, 4) is 0 Å². The van der Waals surface area contributed by atoms with Crippen molar-refractivity contribution in [2.45, 2.75) is 6.18 Å². The Morgan fingerprint density at radius 1 is 1.50 bits per heavy atom. The fourth-order valence-electron chi connectivity index (χ4n) is 0.672. The van der Waals surface area contributed by atoms with Crippen LogP contribution in [0, 0.1) is 3.01 Å². The van der Waals surface area contributed by atoms with Crippen molar-refractivity contribution >= 4 is 36.9 Å². The molecule has 14 heavy (non-hydrogen) atoms. The molecule has 0 aliphatic carbocycles. The van der Waals surface area contributed by atoms with Gasteiger partial charge in [-0.25, -0.2) is 0 Å². The molecule has 0 fully saturated rings. The Morgan fingerprint density at radius 3 is 2.43 bits per heavy atom. The molecular weight excluding hydrogens is 330 g/mol. The Balaban J connectivity index is 2.93. The summed E-state index contributed by atoms with van der Waals surface area (Å²) in [5.74, 6) is -1.79. The molecular formula is C7H7F3INOS. The first-order valence-electron chi connectivity index (χ1n) is 3.39. The molecule has 0 saturated heterocycles. The summed E-state index contributed by atoms with van der Waals surface area (Å²) in [6, 6.07) is 0. The van der Waals surface area contributed by atoms with E-state index in [1.54, 1.807) is 0 Å². The van der Waals surface area contributed by atoms with Gasteiger partial charge in [0.2, 0.25) is 0 Å². The van der Waals surface area contributed by atoms with Crippen LogP contribution in [-0.2, 0) is 0 Å². The van der Waals surface area contributed by atoms with Crippen LogP contribution >= 0.6 is 31.2 Å². The summed E-state index contributed by atoms with van der Waals surface area (Å²) >= 11 is -0.511. The molecule has 1 aromatic heterocycles. The van der Waals surface area contributed by atoms with Crippen LogP contribution in [0.15, 0.2) is 6.20 Å². The van der Waals surface area contributed by atoms with Crippen LogP contribution in [0.1, 0.15) is 9.67 Å². The van der Waals surface area contributed by atoms with E-state index in [9.17, 15) is 18.0 Å². The van der Waals surface area contributed by atoms with E-state index in [1.807, 2.05) is 9.86 Å². The van der Waals surface area contributed by atoms with Crippen LogP contribution in [0.5, 0.6) is 0 Å². The Hall–Kier alpha value is -0.180. The summed E-state index contributed by atoms with van der Waals surface area (Å²) in [7, 11) is 0. The average molecular weight is 337 g/mol. The van der Waals surface area contributed by atoms with Gasteiger partial charge in [-0.2, -0.15) is 0 Å². The molecule has 2 nitrogen and oxygen atoms in total. The van der Waals surface area contributed by atoms with E-state index < -0.39 is 31.8 Å². The normalized spacial score (nSPS) is 12.8. The molecule has 0 aromatic carbocycles. The summed E-state index contributed by atoms with van der Waals surface area (Å²) in [6.07, 6.45) is -3.77. The molecule has 0 radical (unpaired) electrons. The Kier molecular flexibility index (Phi) is 3.51. The molecule has 1 aromatic rings. The van der Waals surface area contributed by atoms with E-state index >= 15 is 0 Å². The number of hydrogen-bond acceptors (Lipinski definition) is 3. The minimum atomic E-state index is -4.79. The van der Waals surface area contributed by atoms with Gasteiger partial charge in [0.25, 0.3) is 0 Å². The van der Waals surface area contributed by atoms with Gasteiger partial charge in [0.15, 0.2) is 0 Å². The van der Waals surface area contributed by atoms with Crippen LogP contribution in [0.4, 0.5) is 13.2 Å². The zero-order chi connectivity index (χ0) is 10.9. The second-order valence-corrected chi connectivity index (χ2v) is 9.66. The number of carbonyl (C=O) groups excluding carboxylic acids is 1. The monoisotopic (exact) mass is 337 g/mol. The van der Waals surface area contributed by atoms with Crippen molar-refractivity contribution in [2.75, 3.05) is 9.86 Å². The number of nitrogens with zero attached hydrogens (tertiary/aromatic N) is 1. The number of rotatable bonds is 2. The second-order valence-electron chi connectivity index (χ2n) is 2.56. The number of aromatic nitrogens is 1.